The van der Waals surface area contributed by atoms with Gasteiger partial charge in [0, 0.05) is 0 Å². The van der Waals surface area contributed by atoms with Gasteiger partial charge in [-0.2, -0.15) is 14.5 Å². The van der Waals surface area contributed by atoms with Crippen LogP contribution in [0.25, 0.3) is 0 Å². The number of esters is 2. The lowest BCUT2D eigenvalue weighted by Crippen LogP contribution is -2.38. The molecule has 13 heteroatoms. The zero-order valence-corrected chi connectivity index (χ0v) is 23.4. The lowest BCUT2D eigenvalue weighted by atomic mass is 10.3. The second-order valence-electron chi connectivity index (χ2n) is 8.56. The van der Waals surface area contributed by atoms with Crippen LogP contribution in [0.3, 0.4) is 0 Å². The van der Waals surface area contributed by atoms with Gasteiger partial charge in [0.1, 0.15) is 23.6 Å². The molecule has 204 valence electrons. The van der Waals surface area contributed by atoms with Gasteiger partial charge < -0.3 is 18.5 Å². The van der Waals surface area contributed by atoms with Gasteiger partial charge in [-0.3, -0.25) is 9.59 Å². The summed E-state index contributed by atoms with van der Waals surface area (Å²) in [6.45, 7) is 9.40. The lowest BCUT2D eigenvalue weighted by Gasteiger charge is -2.28. The van der Waals surface area contributed by atoms with Crippen molar-refractivity contribution in [3.05, 3.63) is 60.7 Å². The molecule has 0 aliphatic heterocycles. The van der Waals surface area contributed by atoms with E-state index in [0.717, 1.165) is 0 Å². The van der Waals surface area contributed by atoms with Crippen LogP contribution >= 0.6 is 15.5 Å². The Labute approximate surface area is 217 Å². The van der Waals surface area contributed by atoms with Crippen molar-refractivity contribution in [2.24, 2.45) is 0 Å². The van der Waals surface area contributed by atoms with Crippen LogP contribution in [-0.2, 0) is 32.5 Å². The van der Waals surface area contributed by atoms with Crippen molar-refractivity contribution in [1.29, 1.82) is 0 Å². The highest BCUT2D eigenvalue weighted by Crippen LogP contribution is 2.60. The van der Waals surface area contributed by atoms with Crippen LogP contribution in [-0.4, -0.2) is 36.2 Å². The van der Waals surface area contributed by atoms with Crippen LogP contribution in [0.5, 0.6) is 11.5 Å². The van der Waals surface area contributed by atoms with Gasteiger partial charge in [0.05, 0.1) is 12.2 Å². The average molecular weight is 556 g/mol. The number of nitrogens with one attached hydrogen (secondary N) is 2. The van der Waals surface area contributed by atoms with E-state index in [9.17, 15) is 18.7 Å². The normalized spacial score (nSPS) is 16.2. The van der Waals surface area contributed by atoms with Gasteiger partial charge in [-0.25, -0.2) is 9.13 Å². The Morgan fingerprint density at radius 2 is 0.946 bits per heavy atom. The predicted molar refractivity (Wildman–Crippen MR) is 138 cm³/mol. The summed E-state index contributed by atoms with van der Waals surface area (Å²) >= 11 is 0. The Morgan fingerprint density at radius 1 is 0.622 bits per heavy atom. The molecular weight excluding hydrogens is 522 g/mol. The molecule has 0 heterocycles. The number of hydrogen-bond acceptors (Lipinski definition) is 9. The molecule has 0 aromatic heterocycles. The van der Waals surface area contributed by atoms with Crippen LogP contribution in [0.15, 0.2) is 60.7 Å². The van der Waals surface area contributed by atoms with E-state index in [4.69, 9.17) is 22.8 Å². The fourth-order valence-electron chi connectivity index (χ4n) is 2.76. The maximum absolute atomic E-state index is 13.9. The number of ether oxygens (including phenoxy) is 2. The van der Waals surface area contributed by atoms with Gasteiger partial charge in [-0.15, -0.1) is 0 Å². The number of carbonyl (C=O) groups is 2. The molecule has 0 fully saturated rings. The standard InChI is InChI=1S/C24H34N2O9P2/c1-17(2)31-23(27)19(5)25-36(29,33-21-13-9-7-10-14-21)35-37(30,34-22-15-11-8-12-16-22)26-20(6)24(28)32-18(3)4/h7-20H,1-6H3,(H,25,29)(H,26,30)/t19-,20+,36?,37?. The number of rotatable bonds is 14. The first-order valence-electron chi connectivity index (χ1n) is 11.7. The molecule has 0 aliphatic rings. The van der Waals surface area contributed by atoms with Gasteiger partial charge >= 0.3 is 27.4 Å². The van der Waals surface area contributed by atoms with Gasteiger partial charge in [0.15, 0.2) is 0 Å². The van der Waals surface area contributed by atoms with Crippen molar-refractivity contribution in [3.8, 4) is 11.5 Å². The number of para-hydroxylation sites is 2. The van der Waals surface area contributed by atoms with E-state index < -0.39 is 51.7 Å². The lowest BCUT2D eigenvalue weighted by molar-refractivity contribution is -0.149. The third-order valence-electron chi connectivity index (χ3n) is 4.27. The Kier molecular flexibility index (Phi) is 11.3. The molecule has 2 N–H and O–H groups in total. The molecule has 2 rings (SSSR count). The topological polar surface area (TPSA) is 138 Å². The number of benzene rings is 2. The quantitative estimate of drug-likeness (QED) is 0.233. The smallest absolute Gasteiger partial charge is 0.462 e. The largest absolute Gasteiger partial charge is 0.468 e. The van der Waals surface area contributed by atoms with Crippen molar-refractivity contribution < 1.29 is 41.6 Å². The molecule has 0 saturated heterocycles. The molecule has 0 aliphatic carbocycles. The van der Waals surface area contributed by atoms with Gasteiger partial charge in [-0.1, -0.05) is 36.4 Å². The van der Waals surface area contributed by atoms with Crippen LogP contribution < -0.4 is 19.2 Å². The zero-order valence-electron chi connectivity index (χ0n) is 21.7. The summed E-state index contributed by atoms with van der Waals surface area (Å²) in [7, 11) is -9.24. The molecule has 0 spiro atoms. The maximum Gasteiger partial charge on any atom is 0.468 e. The Balaban J connectivity index is 2.42. The summed E-state index contributed by atoms with van der Waals surface area (Å²) in [5, 5.41) is 4.90. The summed E-state index contributed by atoms with van der Waals surface area (Å²) in [6, 6.07) is 13.5. The molecule has 0 saturated carbocycles. The fourth-order valence-corrected chi connectivity index (χ4v) is 6.60. The molecule has 2 unspecified atom stereocenters. The van der Waals surface area contributed by atoms with Crippen LogP contribution in [0.2, 0.25) is 0 Å². The first kappa shape index (κ1) is 30.5. The third-order valence-corrected chi connectivity index (χ3v) is 8.30. The van der Waals surface area contributed by atoms with Crippen molar-refractivity contribution in [1.82, 2.24) is 10.2 Å². The molecular formula is C24H34N2O9P2. The predicted octanol–water partition coefficient (Wildman–Crippen LogP) is 5.24. The molecule has 11 nitrogen and oxygen atoms in total. The average Bonchev–Trinajstić information content (AvgIpc) is 2.78. The summed E-state index contributed by atoms with van der Waals surface area (Å²) in [4.78, 5) is 24.8. The van der Waals surface area contributed by atoms with E-state index in [0.29, 0.717) is 0 Å². The van der Waals surface area contributed by atoms with E-state index in [-0.39, 0.29) is 11.5 Å². The van der Waals surface area contributed by atoms with Crippen LogP contribution in [0.1, 0.15) is 41.5 Å². The van der Waals surface area contributed by atoms with Crippen LogP contribution in [0.4, 0.5) is 0 Å². The van der Waals surface area contributed by atoms with Gasteiger partial charge in [0.2, 0.25) is 0 Å². The minimum atomic E-state index is -4.62. The van der Waals surface area contributed by atoms with Gasteiger partial charge in [0.25, 0.3) is 0 Å². The third kappa shape index (κ3) is 10.7. The molecule has 0 amide bonds. The van der Waals surface area contributed by atoms with Crippen molar-refractivity contribution >= 4 is 27.4 Å². The van der Waals surface area contributed by atoms with Crippen molar-refractivity contribution in [2.75, 3.05) is 0 Å². The molecule has 2 aromatic carbocycles. The van der Waals surface area contributed by atoms with E-state index in [1.165, 1.54) is 38.1 Å². The van der Waals surface area contributed by atoms with E-state index in [1.54, 1.807) is 64.1 Å². The first-order valence-corrected chi connectivity index (χ1v) is 14.8. The molecule has 0 bridgehead atoms. The fraction of sp³-hybridized carbons (Fsp3) is 0.417. The molecule has 2 aromatic rings. The summed E-state index contributed by atoms with van der Waals surface area (Å²) in [5.74, 6) is -1.28. The first-order chi connectivity index (χ1) is 17.3. The van der Waals surface area contributed by atoms with E-state index >= 15 is 0 Å². The van der Waals surface area contributed by atoms with Crippen LogP contribution in [0, 0.1) is 0 Å². The zero-order chi connectivity index (χ0) is 27.6. The molecule has 0 radical (unpaired) electrons. The highest BCUT2D eigenvalue weighted by molar-refractivity contribution is 7.65. The SMILES string of the molecule is CC(C)OC(=O)[C@H](C)NP(=O)(Oc1ccccc1)OP(=O)(N[C@H](C)C(=O)OC(C)C)Oc1ccccc1. The monoisotopic (exact) mass is 556 g/mol. The summed E-state index contributed by atoms with van der Waals surface area (Å²) < 4.78 is 54.9. The second-order valence-corrected chi connectivity index (χ2v) is 12.1. The Bertz CT molecular complexity index is 1030. The van der Waals surface area contributed by atoms with Crippen molar-refractivity contribution in [2.45, 2.75) is 65.8 Å². The number of hydrogen-bond donors (Lipinski definition) is 2. The Morgan fingerprint density at radius 3 is 1.24 bits per heavy atom. The minimum Gasteiger partial charge on any atom is -0.462 e. The second kappa shape index (κ2) is 13.7. The highest BCUT2D eigenvalue weighted by Gasteiger charge is 2.44. The molecule has 37 heavy (non-hydrogen) atoms. The van der Waals surface area contributed by atoms with E-state index in [2.05, 4.69) is 10.2 Å². The summed E-state index contributed by atoms with van der Waals surface area (Å²) in [6.07, 6.45) is -0.872. The highest BCUT2D eigenvalue weighted by atomic mass is 31.3. The molecule has 4 atom stereocenters. The van der Waals surface area contributed by atoms with Gasteiger partial charge in [-0.05, 0) is 65.8 Å². The van der Waals surface area contributed by atoms with Crippen molar-refractivity contribution in [3.63, 3.8) is 0 Å². The number of carbonyl (C=O) groups excluding carboxylic acids is 2. The maximum atomic E-state index is 13.9. The van der Waals surface area contributed by atoms with E-state index in [1.807, 2.05) is 0 Å². The summed E-state index contributed by atoms with van der Waals surface area (Å²) in [5.41, 5.74) is 0. The Hall–Kier alpha value is -2.68. The minimum absolute atomic E-state index is 0.0984.